The van der Waals surface area contributed by atoms with E-state index in [1.54, 1.807) is 30.9 Å². The van der Waals surface area contributed by atoms with Crippen molar-refractivity contribution in [3.05, 3.63) is 84.6 Å². The summed E-state index contributed by atoms with van der Waals surface area (Å²) in [5.41, 5.74) is 7.26. The van der Waals surface area contributed by atoms with E-state index >= 15 is 0 Å². The Hall–Kier alpha value is -4.43. The maximum absolute atomic E-state index is 12.7. The van der Waals surface area contributed by atoms with Gasteiger partial charge in [0, 0.05) is 40.6 Å². The number of rotatable bonds is 6. The summed E-state index contributed by atoms with van der Waals surface area (Å²) in [4.78, 5) is 34.3. The van der Waals surface area contributed by atoms with Gasteiger partial charge in [-0.1, -0.05) is 18.6 Å². The Bertz CT molecular complexity index is 1610. The molecule has 0 spiro atoms. The van der Waals surface area contributed by atoms with Gasteiger partial charge in [0.05, 0.1) is 40.2 Å². The van der Waals surface area contributed by atoms with Crippen LogP contribution in [0.5, 0.6) is 0 Å². The number of esters is 1. The Balaban J connectivity index is 1.27. The van der Waals surface area contributed by atoms with Gasteiger partial charge >= 0.3 is 5.97 Å². The lowest BCUT2D eigenvalue weighted by atomic mass is 10.0. The molecule has 5 heterocycles. The Morgan fingerprint density at radius 3 is 2.79 bits per heavy atom. The van der Waals surface area contributed by atoms with Crippen molar-refractivity contribution in [3.63, 3.8) is 0 Å². The Labute approximate surface area is 220 Å². The number of piperidine rings is 1. The summed E-state index contributed by atoms with van der Waals surface area (Å²) >= 11 is 0. The number of pyridine rings is 3. The lowest BCUT2D eigenvalue weighted by Gasteiger charge is -2.22. The number of fused-ring (bicyclic) bond motifs is 1. The van der Waals surface area contributed by atoms with Crippen LogP contribution in [0.25, 0.3) is 44.8 Å². The summed E-state index contributed by atoms with van der Waals surface area (Å²) in [6, 6.07) is 17.7. The largest absolute Gasteiger partial charge is 0.460 e. The van der Waals surface area contributed by atoms with Gasteiger partial charge in [0.2, 0.25) is 0 Å². The summed E-state index contributed by atoms with van der Waals surface area (Å²) in [6.45, 7) is 3.33. The molecule has 1 saturated heterocycles. The first kappa shape index (κ1) is 23.9. The molecule has 8 heteroatoms. The van der Waals surface area contributed by atoms with Crippen molar-refractivity contribution in [1.82, 2.24) is 30.2 Å². The van der Waals surface area contributed by atoms with Crippen LogP contribution in [0.2, 0.25) is 0 Å². The number of aromatic nitrogens is 5. The zero-order chi connectivity index (χ0) is 25.9. The lowest BCUT2D eigenvalue weighted by Crippen LogP contribution is -2.38. The fourth-order valence-corrected chi connectivity index (χ4v) is 4.85. The molecule has 1 aromatic carbocycles. The summed E-state index contributed by atoms with van der Waals surface area (Å²) in [5.74, 6) is -0.340. The van der Waals surface area contributed by atoms with Crippen LogP contribution in [0, 0.1) is 6.92 Å². The van der Waals surface area contributed by atoms with Crippen molar-refractivity contribution >= 4 is 16.9 Å². The van der Waals surface area contributed by atoms with E-state index in [4.69, 9.17) is 4.74 Å². The molecule has 6 rings (SSSR count). The molecule has 0 radical (unpaired) electrons. The topological polar surface area (TPSA) is 106 Å². The van der Waals surface area contributed by atoms with Crippen LogP contribution in [0.1, 0.15) is 35.3 Å². The fourth-order valence-electron chi connectivity index (χ4n) is 4.85. The number of hydrogen-bond donors (Lipinski definition) is 2. The van der Waals surface area contributed by atoms with Crippen LogP contribution < -0.4 is 5.32 Å². The molecule has 1 fully saturated rings. The molecule has 38 heavy (non-hydrogen) atoms. The molecule has 0 saturated carbocycles. The van der Waals surface area contributed by atoms with Gasteiger partial charge in [0.15, 0.2) is 0 Å². The molecule has 0 aliphatic carbocycles. The molecule has 5 aromatic rings. The SMILES string of the molecule is Cc1cccc(-c2[nH]cnc2-c2ccc3ncc(-c4cc(C(=O)OC[C@@H]5CCCCN5)ccn4)cc3c2)n1. The van der Waals surface area contributed by atoms with Gasteiger partial charge in [-0.05, 0) is 68.8 Å². The number of carbonyl (C=O) groups excluding carboxylic acids is 1. The Kier molecular flexibility index (Phi) is 6.62. The van der Waals surface area contributed by atoms with Gasteiger partial charge in [-0.3, -0.25) is 15.0 Å². The van der Waals surface area contributed by atoms with Gasteiger partial charge in [-0.25, -0.2) is 9.78 Å². The predicted molar refractivity (Wildman–Crippen MR) is 146 cm³/mol. The van der Waals surface area contributed by atoms with Crippen molar-refractivity contribution in [3.8, 4) is 33.9 Å². The highest BCUT2D eigenvalue weighted by Crippen LogP contribution is 2.31. The Morgan fingerprint density at radius 1 is 1.00 bits per heavy atom. The third-order valence-corrected chi connectivity index (χ3v) is 6.86. The Morgan fingerprint density at radius 2 is 1.92 bits per heavy atom. The standard InChI is InChI=1S/C30H28N6O2/c1-19-5-4-7-26(36-19)29-28(34-18-35-29)20-8-9-25-22(13-20)14-23(16-33-25)27-15-21(10-12-32-27)30(37)38-17-24-6-2-3-11-31-24/h4-5,7-10,12-16,18,24,31H,2-3,6,11,17H2,1H3,(H,34,35)/t24-/m0/s1. The molecule has 1 atom stereocenters. The summed E-state index contributed by atoms with van der Waals surface area (Å²) in [6.07, 6.45) is 8.47. The highest BCUT2D eigenvalue weighted by Gasteiger charge is 2.17. The van der Waals surface area contributed by atoms with E-state index in [0.717, 1.165) is 64.2 Å². The number of nitrogens with one attached hydrogen (secondary N) is 2. The van der Waals surface area contributed by atoms with E-state index in [1.807, 2.05) is 43.3 Å². The number of H-pyrrole nitrogens is 1. The van der Waals surface area contributed by atoms with Crippen LogP contribution in [0.4, 0.5) is 0 Å². The second-order valence-corrected chi connectivity index (χ2v) is 9.60. The predicted octanol–water partition coefficient (Wildman–Crippen LogP) is 5.36. The molecule has 0 unspecified atom stereocenters. The smallest absolute Gasteiger partial charge is 0.338 e. The first-order valence-electron chi connectivity index (χ1n) is 12.9. The number of nitrogens with zero attached hydrogens (tertiary/aromatic N) is 4. The minimum Gasteiger partial charge on any atom is -0.460 e. The van der Waals surface area contributed by atoms with Crippen molar-refractivity contribution in [1.29, 1.82) is 0 Å². The third kappa shape index (κ3) is 5.03. The van der Waals surface area contributed by atoms with Gasteiger partial charge in [-0.2, -0.15) is 0 Å². The van der Waals surface area contributed by atoms with E-state index in [2.05, 4.69) is 36.3 Å². The molecular weight excluding hydrogens is 476 g/mol. The molecule has 0 bridgehead atoms. The number of aromatic amines is 1. The molecule has 4 aromatic heterocycles. The van der Waals surface area contributed by atoms with Gasteiger partial charge in [0.25, 0.3) is 0 Å². The van der Waals surface area contributed by atoms with Crippen LogP contribution >= 0.6 is 0 Å². The third-order valence-electron chi connectivity index (χ3n) is 6.86. The number of aryl methyl sites for hydroxylation is 1. The summed E-state index contributed by atoms with van der Waals surface area (Å²) in [5, 5.41) is 4.35. The van der Waals surface area contributed by atoms with Crippen LogP contribution in [-0.4, -0.2) is 50.1 Å². The summed E-state index contributed by atoms with van der Waals surface area (Å²) < 4.78 is 5.58. The van der Waals surface area contributed by atoms with Crippen LogP contribution in [0.15, 0.2) is 73.3 Å². The van der Waals surface area contributed by atoms with Crippen molar-refractivity contribution in [2.24, 2.45) is 0 Å². The zero-order valence-corrected chi connectivity index (χ0v) is 21.1. The zero-order valence-electron chi connectivity index (χ0n) is 21.1. The number of imidazole rings is 1. The number of ether oxygens (including phenoxy) is 1. The fraction of sp³-hybridized carbons (Fsp3) is 0.233. The highest BCUT2D eigenvalue weighted by atomic mass is 16.5. The first-order valence-corrected chi connectivity index (χ1v) is 12.9. The normalized spacial score (nSPS) is 15.4. The van der Waals surface area contributed by atoms with Crippen molar-refractivity contribution < 1.29 is 9.53 Å². The average Bonchev–Trinajstić information content (AvgIpc) is 3.46. The minimum absolute atomic E-state index is 0.226. The number of benzene rings is 1. The highest BCUT2D eigenvalue weighted by molar-refractivity contribution is 5.92. The van der Waals surface area contributed by atoms with E-state index in [1.165, 1.54) is 6.42 Å². The molecule has 2 N–H and O–H groups in total. The molecule has 8 nitrogen and oxygen atoms in total. The van der Waals surface area contributed by atoms with Crippen LogP contribution in [0.3, 0.4) is 0 Å². The van der Waals surface area contributed by atoms with Crippen molar-refractivity contribution in [2.75, 3.05) is 13.2 Å². The van der Waals surface area contributed by atoms with Crippen LogP contribution in [-0.2, 0) is 4.74 Å². The molecule has 1 aliphatic rings. The van der Waals surface area contributed by atoms with E-state index < -0.39 is 0 Å². The molecule has 1 aliphatic heterocycles. The lowest BCUT2D eigenvalue weighted by molar-refractivity contribution is 0.0451. The van der Waals surface area contributed by atoms with Crippen molar-refractivity contribution in [2.45, 2.75) is 32.2 Å². The molecular formula is C30H28N6O2. The van der Waals surface area contributed by atoms with Gasteiger partial charge in [0.1, 0.15) is 6.61 Å². The monoisotopic (exact) mass is 504 g/mol. The number of hydrogen-bond acceptors (Lipinski definition) is 7. The maximum atomic E-state index is 12.7. The number of carbonyl (C=O) groups is 1. The quantitative estimate of drug-likeness (QED) is 0.300. The summed E-state index contributed by atoms with van der Waals surface area (Å²) in [7, 11) is 0. The maximum Gasteiger partial charge on any atom is 0.338 e. The second-order valence-electron chi connectivity index (χ2n) is 9.60. The molecule has 190 valence electrons. The van der Waals surface area contributed by atoms with E-state index in [-0.39, 0.29) is 12.0 Å². The average molecular weight is 505 g/mol. The van der Waals surface area contributed by atoms with E-state index in [9.17, 15) is 4.79 Å². The first-order chi connectivity index (χ1) is 18.6. The second kappa shape index (κ2) is 10.5. The van der Waals surface area contributed by atoms with E-state index in [0.29, 0.717) is 17.9 Å². The van der Waals surface area contributed by atoms with Gasteiger partial charge < -0.3 is 15.0 Å². The minimum atomic E-state index is -0.340. The molecule has 0 amide bonds. The van der Waals surface area contributed by atoms with Gasteiger partial charge in [-0.15, -0.1) is 0 Å².